The number of methoxy groups -OCH3 is 1. The van der Waals surface area contributed by atoms with E-state index in [-0.39, 0.29) is 33.1 Å². The van der Waals surface area contributed by atoms with Crippen LogP contribution in [0.25, 0.3) is 0 Å². The molecule has 1 N–H and O–H groups in total. The van der Waals surface area contributed by atoms with Crippen molar-refractivity contribution < 1.29 is 14.3 Å². The zero-order valence-corrected chi connectivity index (χ0v) is 14.1. The van der Waals surface area contributed by atoms with E-state index < -0.39 is 5.97 Å². The Hall–Kier alpha value is -2.04. The highest BCUT2D eigenvalue weighted by Gasteiger charge is 2.19. The van der Waals surface area contributed by atoms with E-state index in [1.807, 2.05) is 37.3 Å². The predicted molar refractivity (Wildman–Crippen MR) is 90.1 cm³/mol. The number of halogens is 2. The zero-order chi connectivity index (χ0) is 17.0. The van der Waals surface area contributed by atoms with Gasteiger partial charge < -0.3 is 10.1 Å². The minimum Gasteiger partial charge on any atom is -0.465 e. The van der Waals surface area contributed by atoms with Crippen molar-refractivity contribution in [2.45, 2.75) is 13.0 Å². The van der Waals surface area contributed by atoms with Crippen LogP contribution in [0.2, 0.25) is 10.0 Å². The quantitative estimate of drug-likeness (QED) is 0.836. The third-order valence-corrected chi connectivity index (χ3v) is 3.94. The summed E-state index contributed by atoms with van der Waals surface area (Å²) in [4.78, 5) is 23.9. The summed E-state index contributed by atoms with van der Waals surface area (Å²) in [5.41, 5.74) is 1.29. The van der Waals surface area contributed by atoms with Crippen molar-refractivity contribution in [3.05, 3.63) is 69.2 Å². The Kier molecular flexibility index (Phi) is 5.64. The number of esters is 1. The van der Waals surface area contributed by atoms with Crippen LogP contribution in [-0.4, -0.2) is 19.0 Å². The number of rotatable bonds is 4. The van der Waals surface area contributed by atoms with Gasteiger partial charge >= 0.3 is 5.97 Å². The van der Waals surface area contributed by atoms with Crippen molar-refractivity contribution in [1.82, 2.24) is 5.32 Å². The number of amides is 1. The summed E-state index contributed by atoms with van der Waals surface area (Å²) in [7, 11) is 1.23. The molecule has 23 heavy (non-hydrogen) atoms. The van der Waals surface area contributed by atoms with Crippen molar-refractivity contribution in [3.63, 3.8) is 0 Å². The number of carbonyl (C=O) groups is 2. The molecule has 0 spiro atoms. The zero-order valence-electron chi connectivity index (χ0n) is 12.6. The van der Waals surface area contributed by atoms with Crippen molar-refractivity contribution in [2.24, 2.45) is 0 Å². The third-order valence-electron chi connectivity index (χ3n) is 3.34. The Labute approximate surface area is 144 Å². The molecule has 0 heterocycles. The van der Waals surface area contributed by atoms with Gasteiger partial charge in [0.25, 0.3) is 5.91 Å². The molecule has 2 aromatic rings. The molecule has 0 radical (unpaired) electrons. The van der Waals surface area contributed by atoms with Gasteiger partial charge in [0.2, 0.25) is 0 Å². The Morgan fingerprint density at radius 1 is 1.09 bits per heavy atom. The maximum absolute atomic E-state index is 12.3. The van der Waals surface area contributed by atoms with Gasteiger partial charge in [-0.05, 0) is 24.6 Å². The lowest BCUT2D eigenvalue weighted by Gasteiger charge is -2.15. The van der Waals surface area contributed by atoms with Crippen LogP contribution in [0.5, 0.6) is 0 Å². The van der Waals surface area contributed by atoms with Gasteiger partial charge in [-0.1, -0.05) is 53.5 Å². The van der Waals surface area contributed by atoms with Crippen molar-refractivity contribution in [3.8, 4) is 0 Å². The largest absolute Gasteiger partial charge is 0.465 e. The van der Waals surface area contributed by atoms with E-state index in [9.17, 15) is 9.59 Å². The molecule has 2 rings (SSSR count). The summed E-state index contributed by atoms with van der Waals surface area (Å²) in [5, 5.41) is 3.00. The molecule has 0 bridgehead atoms. The maximum atomic E-state index is 12.3. The fourth-order valence-corrected chi connectivity index (χ4v) is 2.75. The summed E-state index contributed by atoms with van der Waals surface area (Å²) in [5.74, 6) is -0.980. The van der Waals surface area contributed by atoms with E-state index >= 15 is 0 Å². The second-order valence-electron chi connectivity index (χ2n) is 4.91. The number of ether oxygens (including phenoxy) is 1. The summed E-state index contributed by atoms with van der Waals surface area (Å²) in [6.07, 6.45) is 0. The lowest BCUT2D eigenvalue weighted by atomic mass is 10.1. The Bertz CT molecular complexity index is 709. The highest BCUT2D eigenvalue weighted by molar-refractivity contribution is 6.39. The van der Waals surface area contributed by atoms with Gasteiger partial charge in [0.15, 0.2) is 0 Å². The van der Waals surface area contributed by atoms with Crippen LogP contribution < -0.4 is 5.32 Å². The smallest absolute Gasteiger partial charge is 0.340 e. The Morgan fingerprint density at radius 2 is 1.65 bits per heavy atom. The molecule has 0 saturated carbocycles. The van der Waals surface area contributed by atoms with Crippen LogP contribution >= 0.6 is 23.2 Å². The maximum Gasteiger partial charge on any atom is 0.340 e. The number of hydrogen-bond acceptors (Lipinski definition) is 3. The summed E-state index contributed by atoms with van der Waals surface area (Å²) >= 11 is 12.1. The third kappa shape index (κ3) is 4.03. The van der Waals surface area contributed by atoms with Gasteiger partial charge in [-0.25, -0.2) is 4.79 Å². The fourth-order valence-electron chi connectivity index (χ4n) is 2.11. The van der Waals surface area contributed by atoms with E-state index in [4.69, 9.17) is 23.2 Å². The standard InChI is InChI=1S/C17H15Cl2NO3/c1-10(11-6-4-3-5-7-11)20-16(21)12-8-13(18)15(14(19)9-12)17(22)23-2/h3-10H,1-2H3,(H,20,21)/t10-/m1/s1. The minimum atomic E-state index is -0.649. The van der Waals surface area contributed by atoms with Crippen LogP contribution in [0.1, 0.15) is 39.2 Å². The van der Waals surface area contributed by atoms with Gasteiger partial charge in [-0.3, -0.25) is 4.79 Å². The van der Waals surface area contributed by atoms with Gasteiger partial charge in [0.05, 0.1) is 28.8 Å². The second-order valence-corrected chi connectivity index (χ2v) is 5.73. The first kappa shape index (κ1) is 17.3. The van der Waals surface area contributed by atoms with Crippen LogP contribution in [0.4, 0.5) is 0 Å². The van der Waals surface area contributed by atoms with Crippen molar-refractivity contribution in [2.75, 3.05) is 7.11 Å². The average Bonchev–Trinajstić information content (AvgIpc) is 2.54. The Morgan fingerprint density at radius 3 is 2.17 bits per heavy atom. The number of hydrogen-bond donors (Lipinski definition) is 1. The van der Waals surface area contributed by atoms with Crippen LogP contribution in [0.3, 0.4) is 0 Å². The number of nitrogens with one attached hydrogen (secondary N) is 1. The minimum absolute atomic E-state index is 0.0449. The lowest BCUT2D eigenvalue weighted by molar-refractivity contribution is 0.0600. The molecular formula is C17H15Cl2NO3. The van der Waals surface area contributed by atoms with E-state index in [0.29, 0.717) is 0 Å². The van der Waals surface area contributed by atoms with Gasteiger partial charge in [-0.15, -0.1) is 0 Å². The first-order valence-corrected chi connectivity index (χ1v) is 7.62. The molecule has 0 aliphatic rings. The summed E-state index contributed by atoms with van der Waals surface area (Å²) in [6.45, 7) is 1.87. The molecule has 0 fully saturated rings. The molecular weight excluding hydrogens is 337 g/mol. The van der Waals surface area contributed by atoms with Crippen molar-refractivity contribution in [1.29, 1.82) is 0 Å². The van der Waals surface area contributed by atoms with E-state index in [2.05, 4.69) is 10.1 Å². The Balaban J connectivity index is 2.22. The molecule has 6 heteroatoms. The average molecular weight is 352 g/mol. The molecule has 1 atom stereocenters. The van der Waals surface area contributed by atoms with Crippen molar-refractivity contribution >= 4 is 35.1 Å². The second kappa shape index (κ2) is 7.49. The predicted octanol–water partition coefficient (Wildman–Crippen LogP) is 4.27. The first-order valence-electron chi connectivity index (χ1n) is 6.87. The molecule has 1 amide bonds. The van der Waals surface area contributed by atoms with Gasteiger partial charge in [0, 0.05) is 5.56 Å². The molecule has 120 valence electrons. The highest BCUT2D eigenvalue weighted by atomic mass is 35.5. The normalized spacial score (nSPS) is 11.7. The molecule has 4 nitrogen and oxygen atoms in total. The molecule has 0 saturated heterocycles. The van der Waals surface area contributed by atoms with Crippen LogP contribution in [-0.2, 0) is 4.74 Å². The molecule has 0 aromatic heterocycles. The van der Waals surface area contributed by atoms with Gasteiger partial charge in [-0.2, -0.15) is 0 Å². The lowest BCUT2D eigenvalue weighted by Crippen LogP contribution is -2.26. The van der Waals surface area contributed by atoms with E-state index in [0.717, 1.165) is 5.56 Å². The molecule has 0 aliphatic heterocycles. The SMILES string of the molecule is COC(=O)c1c(Cl)cc(C(=O)N[C@H](C)c2ccccc2)cc1Cl. The number of carbonyl (C=O) groups excluding carboxylic acids is 2. The van der Waals surface area contributed by atoms with E-state index in [1.54, 1.807) is 0 Å². The summed E-state index contributed by atoms with van der Waals surface area (Å²) < 4.78 is 4.61. The summed E-state index contributed by atoms with van der Waals surface area (Å²) in [6, 6.07) is 12.2. The fraction of sp³-hybridized carbons (Fsp3) is 0.176. The van der Waals surface area contributed by atoms with E-state index in [1.165, 1.54) is 19.2 Å². The number of benzene rings is 2. The van der Waals surface area contributed by atoms with Gasteiger partial charge in [0.1, 0.15) is 0 Å². The van der Waals surface area contributed by atoms with Crippen LogP contribution in [0.15, 0.2) is 42.5 Å². The highest BCUT2D eigenvalue weighted by Crippen LogP contribution is 2.27. The molecule has 0 aliphatic carbocycles. The molecule has 0 unspecified atom stereocenters. The topological polar surface area (TPSA) is 55.4 Å². The monoisotopic (exact) mass is 351 g/mol. The first-order chi connectivity index (χ1) is 10.9. The molecule has 2 aromatic carbocycles. The van der Waals surface area contributed by atoms with Crippen LogP contribution in [0, 0.1) is 0 Å².